The Hall–Kier alpha value is -1.79. The molecule has 162 valence electrons. The Balaban J connectivity index is 2.34. The van der Waals surface area contributed by atoms with Gasteiger partial charge in [0.15, 0.2) is 0 Å². The van der Waals surface area contributed by atoms with Crippen LogP contribution in [-0.4, -0.2) is 16.6 Å². The van der Waals surface area contributed by atoms with Gasteiger partial charge in [0.25, 0.3) is 16.6 Å². The molecule has 4 heteroatoms. The fraction of sp³-hybridized carbons (Fsp3) is 0.462. The summed E-state index contributed by atoms with van der Waals surface area (Å²) in [6.45, 7) is 23.0. The van der Waals surface area contributed by atoms with Crippen LogP contribution >= 0.6 is 0 Å². The molecule has 0 spiro atoms. The Labute approximate surface area is 184 Å². The predicted molar refractivity (Wildman–Crippen MR) is 137 cm³/mol. The van der Waals surface area contributed by atoms with Gasteiger partial charge < -0.3 is 8.85 Å². The van der Waals surface area contributed by atoms with Crippen molar-refractivity contribution in [2.24, 2.45) is 0 Å². The Morgan fingerprint density at radius 2 is 0.733 bits per heavy atom. The van der Waals surface area contributed by atoms with Crippen LogP contribution < -0.4 is 8.85 Å². The van der Waals surface area contributed by atoms with Gasteiger partial charge in [0.05, 0.1) is 0 Å². The van der Waals surface area contributed by atoms with Gasteiger partial charge in [-0.05, 0) is 36.3 Å². The van der Waals surface area contributed by atoms with Crippen LogP contribution in [-0.2, 0) is 0 Å². The van der Waals surface area contributed by atoms with Crippen molar-refractivity contribution in [1.82, 2.24) is 0 Å². The largest absolute Gasteiger partial charge is 0.543 e. The van der Waals surface area contributed by atoms with E-state index in [1.165, 1.54) is 0 Å². The standard InChI is InChI=1S/C26H38O2Si2/c1-25(2,3)29(7,8)27-23-19-15-11-13-17-21(19)24(22-18-14-12-16-20(22)23)28-30(9,10)26(4,5)6/h11-18H,1-10H3. The lowest BCUT2D eigenvalue weighted by Crippen LogP contribution is -2.44. The molecule has 0 saturated carbocycles. The highest BCUT2D eigenvalue weighted by Gasteiger charge is 2.41. The summed E-state index contributed by atoms with van der Waals surface area (Å²) in [7, 11) is -4.01. The molecule has 0 fully saturated rings. The van der Waals surface area contributed by atoms with Crippen molar-refractivity contribution in [2.75, 3.05) is 0 Å². The predicted octanol–water partition coefficient (Wildman–Crippen LogP) is 8.76. The minimum atomic E-state index is -2.01. The van der Waals surface area contributed by atoms with E-state index in [4.69, 9.17) is 8.85 Å². The number of hydrogen-bond donors (Lipinski definition) is 0. The van der Waals surface area contributed by atoms with Crippen molar-refractivity contribution < 1.29 is 8.85 Å². The molecule has 0 atom stereocenters. The fourth-order valence-electron chi connectivity index (χ4n) is 3.08. The van der Waals surface area contributed by atoms with E-state index in [0.717, 1.165) is 33.0 Å². The number of benzene rings is 3. The van der Waals surface area contributed by atoms with Crippen molar-refractivity contribution in [3.05, 3.63) is 48.5 Å². The Morgan fingerprint density at radius 1 is 0.500 bits per heavy atom. The minimum absolute atomic E-state index is 0.130. The zero-order valence-corrected chi connectivity index (χ0v) is 22.4. The number of fused-ring (bicyclic) bond motifs is 2. The summed E-state index contributed by atoms with van der Waals surface area (Å²) in [5, 5.41) is 4.85. The van der Waals surface area contributed by atoms with Gasteiger partial charge in [0, 0.05) is 21.5 Å². The smallest absolute Gasteiger partial charge is 0.250 e. The molecule has 3 aromatic carbocycles. The van der Waals surface area contributed by atoms with Crippen LogP contribution in [0.25, 0.3) is 21.5 Å². The lowest BCUT2D eigenvalue weighted by molar-refractivity contribution is 0.494. The van der Waals surface area contributed by atoms with Gasteiger partial charge in [0.1, 0.15) is 11.5 Å². The summed E-state index contributed by atoms with van der Waals surface area (Å²) in [5.41, 5.74) is 0. The van der Waals surface area contributed by atoms with Crippen LogP contribution in [0.4, 0.5) is 0 Å². The van der Waals surface area contributed by atoms with Gasteiger partial charge in [-0.2, -0.15) is 0 Å². The maximum Gasteiger partial charge on any atom is 0.250 e. The van der Waals surface area contributed by atoms with Crippen LogP contribution in [0.5, 0.6) is 11.5 Å². The van der Waals surface area contributed by atoms with Crippen molar-refractivity contribution in [3.63, 3.8) is 0 Å². The van der Waals surface area contributed by atoms with Crippen molar-refractivity contribution in [1.29, 1.82) is 0 Å². The molecule has 0 radical (unpaired) electrons. The monoisotopic (exact) mass is 438 g/mol. The Kier molecular flexibility index (Phi) is 5.66. The SMILES string of the molecule is CC(C)(C)[Si](C)(C)Oc1c2ccccc2c(O[Si](C)(C)C(C)(C)C)c2ccccc12. The average Bonchev–Trinajstić information content (AvgIpc) is 2.62. The first kappa shape index (κ1) is 22.9. The molecule has 30 heavy (non-hydrogen) atoms. The molecular formula is C26H38O2Si2. The fourth-order valence-corrected chi connectivity index (χ4v) is 5.16. The second-order valence-electron chi connectivity index (χ2n) is 11.5. The zero-order chi connectivity index (χ0) is 22.5. The van der Waals surface area contributed by atoms with Crippen molar-refractivity contribution in [3.8, 4) is 11.5 Å². The van der Waals surface area contributed by atoms with Crippen LogP contribution in [0.1, 0.15) is 41.5 Å². The first-order chi connectivity index (χ1) is 13.7. The second kappa shape index (κ2) is 7.42. The van der Waals surface area contributed by atoms with E-state index in [9.17, 15) is 0 Å². The molecule has 3 aromatic rings. The lowest BCUT2D eigenvalue weighted by Gasteiger charge is -2.39. The number of hydrogen-bond acceptors (Lipinski definition) is 2. The Morgan fingerprint density at radius 3 is 0.933 bits per heavy atom. The second-order valence-corrected chi connectivity index (χ2v) is 20.9. The van der Waals surface area contributed by atoms with Crippen LogP contribution in [0, 0.1) is 0 Å². The van der Waals surface area contributed by atoms with Crippen molar-refractivity contribution >= 4 is 38.2 Å². The molecular weight excluding hydrogens is 400 g/mol. The summed E-state index contributed by atoms with van der Waals surface area (Å²) in [6.07, 6.45) is 0. The quantitative estimate of drug-likeness (QED) is 0.299. The van der Waals surface area contributed by atoms with Gasteiger partial charge in [-0.3, -0.25) is 0 Å². The topological polar surface area (TPSA) is 18.5 Å². The summed E-state index contributed by atoms with van der Waals surface area (Å²) >= 11 is 0. The highest BCUT2D eigenvalue weighted by molar-refractivity contribution is 6.75. The van der Waals surface area contributed by atoms with E-state index in [-0.39, 0.29) is 10.1 Å². The summed E-state index contributed by atoms with van der Waals surface area (Å²) in [5.74, 6) is 2.02. The maximum atomic E-state index is 6.94. The van der Waals surface area contributed by atoms with Crippen LogP contribution in [0.15, 0.2) is 48.5 Å². The summed E-state index contributed by atoms with van der Waals surface area (Å²) < 4.78 is 13.9. The van der Waals surface area contributed by atoms with E-state index in [2.05, 4.69) is 116 Å². The minimum Gasteiger partial charge on any atom is -0.543 e. The van der Waals surface area contributed by atoms with E-state index >= 15 is 0 Å². The summed E-state index contributed by atoms with van der Waals surface area (Å²) in [4.78, 5) is 0. The first-order valence-corrected chi connectivity index (χ1v) is 16.8. The van der Waals surface area contributed by atoms with Crippen LogP contribution in [0.3, 0.4) is 0 Å². The van der Waals surface area contributed by atoms with Gasteiger partial charge in [-0.25, -0.2) is 0 Å². The molecule has 0 aromatic heterocycles. The van der Waals surface area contributed by atoms with E-state index in [1.807, 2.05) is 0 Å². The van der Waals surface area contributed by atoms with Gasteiger partial charge >= 0.3 is 0 Å². The third-order valence-electron chi connectivity index (χ3n) is 7.16. The van der Waals surface area contributed by atoms with Crippen molar-refractivity contribution in [2.45, 2.75) is 77.8 Å². The van der Waals surface area contributed by atoms with E-state index in [0.29, 0.717) is 0 Å². The van der Waals surface area contributed by atoms with Crippen LogP contribution in [0.2, 0.25) is 36.3 Å². The lowest BCUT2D eigenvalue weighted by atomic mass is 10.0. The van der Waals surface area contributed by atoms with E-state index < -0.39 is 16.6 Å². The Bertz CT molecular complexity index is 927. The molecule has 0 aliphatic rings. The first-order valence-electron chi connectivity index (χ1n) is 11.0. The zero-order valence-electron chi connectivity index (χ0n) is 20.4. The summed E-state index contributed by atoms with van der Waals surface area (Å²) in [6, 6.07) is 17.1. The normalized spacial score (nSPS) is 13.7. The molecule has 0 bridgehead atoms. The average molecular weight is 439 g/mol. The van der Waals surface area contributed by atoms with Gasteiger partial charge in [0.2, 0.25) is 0 Å². The molecule has 0 unspecified atom stereocenters. The third kappa shape index (κ3) is 4.04. The molecule has 3 rings (SSSR count). The molecule has 0 heterocycles. The molecule has 0 saturated heterocycles. The van der Waals surface area contributed by atoms with Gasteiger partial charge in [-0.15, -0.1) is 0 Å². The third-order valence-corrected chi connectivity index (χ3v) is 15.8. The van der Waals surface area contributed by atoms with Gasteiger partial charge in [-0.1, -0.05) is 90.1 Å². The maximum absolute atomic E-state index is 6.94. The molecule has 0 amide bonds. The van der Waals surface area contributed by atoms with E-state index in [1.54, 1.807) is 0 Å². The molecule has 0 aliphatic heterocycles. The molecule has 0 N–H and O–H groups in total. The highest BCUT2D eigenvalue weighted by atomic mass is 28.4. The number of rotatable bonds is 4. The highest BCUT2D eigenvalue weighted by Crippen LogP contribution is 2.48. The molecule has 2 nitrogen and oxygen atoms in total. The molecule has 0 aliphatic carbocycles.